The Labute approximate surface area is 134 Å². The zero-order valence-corrected chi connectivity index (χ0v) is 14.9. The molecule has 1 aliphatic heterocycles. The lowest BCUT2D eigenvalue weighted by atomic mass is 9.87. The van der Waals surface area contributed by atoms with Crippen molar-refractivity contribution in [1.29, 1.82) is 0 Å². The monoisotopic (exact) mass is 306 g/mol. The van der Waals surface area contributed by atoms with Crippen LogP contribution in [0.3, 0.4) is 0 Å². The maximum Gasteiger partial charge on any atom is 0.193 e. The summed E-state index contributed by atoms with van der Waals surface area (Å²) < 4.78 is 5.27. The predicted octanol–water partition coefficient (Wildman–Crippen LogP) is 3.09. The van der Waals surface area contributed by atoms with Crippen molar-refractivity contribution in [3.05, 3.63) is 17.0 Å². The minimum Gasteiger partial charge on any atom is -0.361 e. The first-order valence-electron chi connectivity index (χ1n) is 8.28. The summed E-state index contributed by atoms with van der Waals surface area (Å²) in [6, 6.07) is 0. The molecule has 1 aromatic heterocycles. The molecular formula is C17H30N4O. The molecule has 5 heteroatoms. The van der Waals surface area contributed by atoms with Crippen molar-refractivity contribution in [2.45, 2.75) is 53.4 Å². The smallest absolute Gasteiger partial charge is 0.193 e. The van der Waals surface area contributed by atoms with Crippen LogP contribution in [0.1, 0.15) is 56.5 Å². The Morgan fingerprint density at radius 3 is 2.73 bits per heavy atom. The van der Waals surface area contributed by atoms with Crippen LogP contribution in [0.5, 0.6) is 0 Å². The lowest BCUT2D eigenvalue weighted by Gasteiger charge is -2.26. The fourth-order valence-corrected chi connectivity index (χ4v) is 3.37. The number of aromatic nitrogens is 1. The van der Waals surface area contributed by atoms with Gasteiger partial charge in [0.2, 0.25) is 0 Å². The van der Waals surface area contributed by atoms with Gasteiger partial charge in [-0.15, -0.1) is 0 Å². The zero-order valence-electron chi connectivity index (χ0n) is 14.9. The summed E-state index contributed by atoms with van der Waals surface area (Å²) in [5.74, 6) is 2.28. The highest BCUT2D eigenvalue weighted by Crippen LogP contribution is 2.33. The summed E-state index contributed by atoms with van der Waals surface area (Å²) in [5.41, 5.74) is 2.62. The highest BCUT2D eigenvalue weighted by Gasteiger charge is 2.33. The Morgan fingerprint density at radius 1 is 1.50 bits per heavy atom. The summed E-state index contributed by atoms with van der Waals surface area (Å²) in [4.78, 5) is 6.84. The van der Waals surface area contributed by atoms with Crippen LogP contribution in [0.15, 0.2) is 9.52 Å². The van der Waals surface area contributed by atoms with Gasteiger partial charge in [-0.2, -0.15) is 0 Å². The Hall–Kier alpha value is -1.52. The topological polar surface area (TPSA) is 53.7 Å². The van der Waals surface area contributed by atoms with Crippen molar-refractivity contribution in [1.82, 2.24) is 15.4 Å². The number of nitrogens with one attached hydrogen (secondary N) is 1. The van der Waals surface area contributed by atoms with Gasteiger partial charge in [-0.3, -0.25) is 4.99 Å². The van der Waals surface area contributed by atoms with Crippen molar-refractivity contribution in [3.63, 3.8) is 0 Å². The molecule has 2 heterocycles. The van der Waals surface area contributed by atoms with Gasteiger partial charge in [0.15, 0.2) is 5.96 Å². The number of hydrogen-bond donors (Lipinski definition) is 1. The van der Waals surface area contributed by atoms with E-state index in [0.29, 0.717) is 11.3 Å². The standard InChI is InChI=1S/C17H30N4O/c1-7-17(5)8-9-21(11-17)16(18-6)19-10-12(2)15-13(3)20-22-14(15)4/h12H,7-11H2,1-6H3,(H,18,19). The molecule has 0 bridgehead atoms. The van der Waals surface area contributed by atoms with E-state index in [9.17, 15) is 0 Å². The zero-order chi connectivity index (χ0) is 16.3. The molecule has 1 aliphatic rings. The lowest BCUT2D eigenvalue weighted by molar-refractivity contribution is 0.322. The van der Waals surface area contributed by atoms with Gasteiger partial charge in [-0.1, -0.05) is 25.9 Å². The highest BCUT2D eigenvalue weighted by molar-refractivity contribution is 5.80. The van der Waals surface area contributed by atoms with E-state index in [1.165, 1.54) is 18.4 Å². The van der Waals surface area contributed by atoms with Crippen molar-refractivity contribution in [2.24, 2.45) is 10.4 Å². The number of nitrogens with zero attached hydrogens (tertiary/aromatic N) is 3. The normalized spacial score (nSPS) is 23.9. The van der Waals surface area contributed by atoms with Crippen LogP contribution in [0.4, 0.5) is 0 Å². The predicted molar refractivity (Wildman–Crippen MR) is 90.3 cm³/mol. The third-order valence-corrected chi connectivity index (χ3v) is 5.07. The third-order valence-electron chi connectivity index (χ3n) is 5.07. The first kappa shape index (κ1) is 16.8. The molecule has 0 spiro atoms. The fraction of sp³-hybridized carbons (Fsp3) is 0.765. The van der Waals surface area contributed by atoms with Gasteiger partial charge in [-0.25, -0.2) is 0 Å². The minimum atomic E-state index is 0.350. The number of rotatable bonds is 4. The van der Waals surface area contributed by atoms with Crippen molar-refractivity contribution in [2.75, 3.05) is 26.7 Å². The molecule has 0 amide bonds. The fourth-order valence-electron chi connectivity index (χ4n) is 3.37. The number of guanidine groups is 1. The van der Waals surface area contributed by atoms with E-state index in [1.54, 1.807) is 0 Å². The van der Waals surface area contributed by atoms with E-state index in [2.05, 4.69) is 41.1 Å². The lowest BCUT2D eigenvalue weighted by Crippen LogP contribution is -2.42. The maximum absolute atomic E-state index is 5.27. The van der Waals surface area contributed by atoms with E-state index in [4.69, 9.17) is 4.52 Å². The third kappa shape index (κ3) is 3.45. The van der Waals surface area contributed by atoms with Gasteiger partial charge < -0.3 is 14.7 Å². The van der Waals surface area contributed by atoms with Crippen LogP contribution in [-0.4, -0.2) is 42.7 Å². The van der Waals surface area contributed by atoms with Crippen LogP contribution in [0, 0.1) is 19.3 Å². The Bertz CT molecular complexity index is 517. The van der Waals surface area contributed by atoms with Gasteiger partial charge in [0.1, 0.15) is 5.76 Å². The van der Waals surface area contributed by atoms with Gasteiger partial charge in [0.25, 0.3) is 0 Å². The van der Waals surface area contributed by atoms with E-state index in [0.717, 1.165) is 37.0 Å². The number of likely N-dealkylation sites (tertiary alicyclic amines) is 1. The molecule has 0 aliphatic carbocycles. The average Bonchev–Trinajstić information content (AvgIpc) is 3.04. The molecule has 0 aromatic carbocycles. The molecule has 2 unspecified atom stereocenters. The van der Waals surface area contributed by atoms with Gasteiger partial charge in [0, 0.05) is 38.2 Å². The Kier molecular flexibility index (Phi) is 5.14. The first-order valence-corrected chi connectivity index (χ1v) is 8.28. The van der Waals surface area contributed by atoms with Crippen molar-refractivity contribution in [3.8, 4) is 0 Å². The highest BCUT2D eigenvalue weighted by atomic mass is 16.5. The summed E-state index contributed by atoms with van der Waals surface area (Å²) in [6.07, 6.45) is 2.46. The van der Waals surface area contributed by atoms with E-state index >= 15 is 0 Å². The average molecular weight is 306 g/mol. The first-order chi connectivity index (χ1) is 10.4. The number of hydrogen-bond acceptors (Lipinski definition) is 3. The number of aryl methyl sites for hydroxylation is 2. The largest absolute Gasteiger partial charge is 0.361 e. The second-order valence-electron chi connectivity index (χ2n) is 6.90. The maximum atomic E-state index is 5.27. The van der Waals surface area contributed by atoms with Crippen LogP contribution in [-0.2, 0) is 0 Å². The quantitative estimate of drug-likeness (QED) is 0.686. The molecule has 2 atom stereocenters. The molecule has 2 rings (SSSR count). The van der Waals surface area contributed by atoms with Gasteiger partial charge in [-0.05, 0) is 32.1 Å². The van der Waals surface area contributed by atoms with Gasteiger partial charge >= 0.3 is 0 Å². The Morgan fingerprint density at radius 2 is 2.23 bits per heavy atom. The van der Waals surface area contributed by atoms with Gasteiger partial charge in [0.05, 0.1) is 5.69 Å². The Balaban J connectivity index is 1.95. The molecular weight excluding hydrogens is 276 g/mol. The number of aliphatic imine (C=N–C) groups is 1. The van der Waals surface area contributed by atoms with E-state index in [-0.39, 0.29) is 0 Å². The summed E-state index contributed by atoms with van der Waals surface area (Å²) in [7, 11) is 1.87. The minimum absolute atomic E-state index is 0.350. The summed E-state index contributed by atoms with van der Waals surface area (Å²) >= 11 is 0. The van der Waals surface area contributed by atoms with Crippen LogP contribution < -0.4 is 5.32 Å². The van der Waals surface area contributed by atoms with E-state index < -0.39 is 0 Å². The second kappa shape index (κ2) is 6.71. The molecule has 1 fully saturated rings. The molecule has 22 heavy (non-hydrogen) atoms. The molecule has 124 valence electrons. The molecule has 0 saturated carbocycles. The summed E-state index contributed by atoms with van der Waals surface area (Å²) in [5, 5.41) is 7.57. The summed E-state index contributed by atoms with van der Waals surface area (Å²) in [6.45, 7) is 13.8. The van der Waals surface area contributed by atoms with Crippen LogP contribution >= 0.6 is 0 Å². The molecule has 0 radical (unpaired) electrons. The van der Waals surface area contributed by atoms with Crippen molar-refractivity contribution < 1.29 is 4.52 Å². The second-order valence-corrected chi connectivity index (χ2v) is 6.90. The van der Waals surface area contributed by atoms with Crippen molar-refractivity contribution >= 4 is 5.96 Å². The van der Waals surface area contributed by atoms with Crippen LogP contribution in [0.25, 0.3) is 0 Å². The van der Waals surface area contributed by atoms with E-state index in [1.807, 2.05) is 20.9 Å². The molecule has 5 nitrogen and oxygen atoms in total. The molecule has 1 saturated heterocycles. The van der Waals surface area contributed by atoms with Crippen LogP contribution in [0.2, 0.25) is 0 Å². The SMILES string of the molecule is CCC1(C)CCN(C(=NC)NCC(C)c2c(C)noc2C)C1. The molecule has 1 aromatic rings. The molecule has 1 N–H and O–H groups in total.